The van der Waals surface area contributed by atoms with Gasteiger partial charge in [0.15, 0.2) is 0 Å². The van der Waals surface area contributed by atoms with Crippen LogP contribution >= 0.6 is 0 Å². The Balaban J connectivity index is 1.92. The highest BCUT2D eigenvalue weighted by atomic mass is 19.1. The van der Waals surface area contributed by atoms with E-state index in [1.54, 1.807) is 17.0 Å². The first-order chi connectivity index (χ1) is 9.97. The van der Waals surface area contributed by atoms with Crippen LogP contribution in [-0.4, -0.2) is 43.0 Å². The van der Waals surface area contributed by atoms with Gasteiger partial charge < -0.3 is 10.2 Å². The molecule has 21 heavy (non-hydrogen) atoms. The first kappa shape index (κ1) is 15.3. The van der Waals surface area contributed by atoms with Gasteiger partial charge in [0.2, 0.25) is 5.91 Å². The average molecular weight is 293 g/mol. The molecule has 1 saturated heterocycles. The van der Waals surface area contributed by atoms with Crippen molar-refractivity contribution in [3.05, 3.63) is 30.1 Å². The molecule has 5 nitrogen and oxygen atoms in total. The summed E-state index contributed by atoms with van der Waals surface area (Å²) in [6, 6.07) is 5.55. The molecule has 1 aliphatic rings. The minimum atomic E-state index is -0.338. The minimum Gasteiger partial charge on any atom is -0.354 e. The van der Waals surface area contributed by atoms with E-state index in [0.717, 1.165) is 0 Å². The summed E-state index contributed by atoms with van der Waals surface area (Å²) in [4.78, 5) is 27.1. The molecule has 1 aliphatic heterocycles. The number of amides is 3. The average Bonchev–Trinajstić information content (AvgIpc) is 2.79. The van der Waals surface area contributed by atoms with Gasteiger partial charge in [0.25, 0.3) is 0 Å². The van der Waals surface area contributed by atoms with Crippen molar-refractivity contribution in [2.75, 3.05) is 31.1 Å². The topological polar surface area (TPSA) is 52.7 Å². The lowest BCUT2D eigenvalue weighted by Gasteiger charge is -2.18. The Labute approximate surface area is 123 Å². The molecule has 2 rings (SSSR count). The first-order valence-corrected chi connectivity index (χ1v) is 7.06. The van der Waals surface area contributed by atoms with E-state index in [0.29, 0.717) is 31.2 Å². The van der Waals surface area contributed by atoms with E-state index in [-0.39, 0.29) is 24.3 Å². The molecule has 0 bridgehead atoms. The van der Waals surface area contributed by atoms with E-state index in [4.69, 9.17) is 0 Å². The third-order valence-corrected chi connectivity index (χ3v) is 3.28. The lowest BCUT2D eigenvalue weighted by Crippen LogP contribution is -2.40. The molecule has 0 saturated carbocycles. The monoisotopic (exact) mass is 293 g/mol. The molecule has 1 N–H and O–H groups in total. The molecule has 3 amide bonds. The molecule has 0 unspecified atom stereocenters. The normalized spacial score (nSPS) is 15.0. The zero-order chi connectivity index (χ0) is 15.4. The summed E-state index contributed by atoms with van der Waals surface area (Å²) < 4.78 is 12.9. The maximum atomic E-state index is 12.9. The summed E-state index contributed by atoms with van der Waals surface area (Å²) in [5.41, 5.74) is 0.645. The lowest BCUT2D eigenvalue weighted by molar-refractivity contribution is -0.121. The van der Waals surface area contributed by atoms with Crippen LogP contribution < -0.4 is 10.2 Å². The number of nitrogens with one attached hydrogen (secondary N) is 1. The zero-order valence-electron chi connectivity index (χ0n) is 12.3. The molecular formula is C15H20FN3O2. The van der Waals surface area contributed by atoms with E-state index in [2.05, 4.69) is 5.32 Å². The van der Waals surface area contributed by atoms with Crippen LogP contribution in [0.5, 0.6) is 0 Å². The lowest BCUT2D eigenvalue weighted by atomic mass is 10.2. The van der Waals surface area contributed by atoms with E-state index >= 15 is 0 Å². The quantitative estimate of drug-likeness (QED) is 0.900. The van der Waals surface area contributed by atoms with Crippen LogP contribution in [0.15, 0.2) is 24.3 Å². The molecule has 1 aromatic carbocycles. The highest BCUT2D eigenvalue weighted by Crippen LogP contribution is 2.20. The largest absolute Gasteiger partial charge is 0.354 e. The Morgan fingerprint density at radius 1 is 1.29 bits per heavy atom. The minimum absolute atomic E-state index is 0.0588. The molecule has 1 fully saturated rings. The van der Waals surface area contributed by atoms with Gasteiger partial charge in [0.1, 0.15) is 12.4 Å². The van der Waals surface area contributed by atoms with Crippen LogP contribution in [0.25, 0.3) is 0 Å². The van der Waals surface area contributed by atoms with Gasteiger partial charge in [-0.25, -0.2) is 9.18 Å². The summed E-state index contributed by atoms with van der Waals surface area (Å²) in [6.07, 6.45) is 0. The van der Waals surface area contributed by atoms with Gasteiger partial charge in [-0.2, -0.15) is 0 Å². The Morgan fingerprint density at radius 2 is 1.95 bits per heavy atom. The fraction of sp³-hybridized carbons (Fsp3) is 0.467. The molecule has 6 heteroatoms. The predicted molar refractivity (Wildman–Crippen MR) is 78.6 cm³/mol. The fourth-order valence-corrected chi connectivity index (χ4v) is 2.14. The maximum absolute atomic E-state index is 12.9. The van der Waals surface area contributed by atoms with E-state index in [9.17, 15) is 14.0 Å². The third-order valence-electron chi connectivity index (χ3n) is 3.28. The first-order valence-electron chi connectivity index (χ1n) is 7.06. The predicted octanol–water partition coefficient (Wildman–Crippen LogP) is 1.84. The van der Waals surface area contributed by atoms with Crippen molar-refractivity contribution in [3.63, 3.8) is 0 Å². The van der Waals surface area contributed by atoms with Gasteiger partial charge in [-0.3, -0.25) is 9.69 Å². The fourth-order valence-electron chi connectivity index (χ4n) is 2.14. The number of benzene rings is 1. The summed E-state index contributed by atoms with van der Waals surface area (Å²) in [7, 11) is 0. The Hall–Kier alpha value is -2.11. The molecule has 1 aromatic rings. The molecule has 1 heterocycles. The number of rotatable bonds is 5. The van der Waals surface area contributed by atoms with Gasteiger partial charge in [-0.1, -0.05) is 13.8 Å². The molecule has 0 aliphatic carbocycles. The number of urea groups is 1. The molecular weight excluding hydrogens is 273 g/mol. The summed E-state index contributed by atoms with van der Waals surface area (Å²) in [5, 5.41) is 2.79. The number of anilines is 1. The summed E-state index contributed by atoms with van der Waals surface area (Å²) in [5.74, 6) is -0.118. The van der Waals surface area contributed by atoms with Crippen LogP contribution in [0.3, 0.4) is 0 Å². The van der Waals surface area contributed by atoms with Crippen LogP contribution in [0.1, 0.15) is 13.8 Å². The van der Waals surface area contributed by atoms with Crippen molar-refractivity contribution >= 4 is 17.6 Å². The van der Waals surface area contributed by atoms with Crippen molar-refractivity contribution in [2.24, 2.45) is 5.92 Å². The smallest absolute Gasteiger partial charge is 0.325 e. The van der Waals surface area contributed by atoms with Crippen molar-refractivity contribution in [3.8, 4) is 0 Å². The Bertz CT molecular complexity index is 516. The highest BCUT2D eigenvalue weighted by Gasteiger charge is 2.30. The van der Waals surface area contributed by atoms with Gasteiger partial charge in [-0.15, -0.1) is 0 Å². The SMILES string of the molecule is CC(C)CNC(=O)CN1CCN(c2ccc(F)cc2)C1=O. The van der Waals surface area contributed by atoms with Gasteiger partial charge in [-0.05, 0) is 30.2 Å². The second-order valence-electron chi connectivity index (χ2n) is 5.53. The standard InChI is InChI=1S/C15H20FN3O2/c1-11(2)9-17-14(20)10-18-7-8-19(15(18)21)13-5-3-12(16)4-6-13/h3-6,11H,7-10H2,1-2H3,(H,17,20). The number of nitrogens with zero attached hydrogens (tertiary/aromatic N) is 2. The van der Waals surface area contributed by atoms with Crippen LogP contribution in [0.2, 0.25) is 0 Å². The number of hydrogen-bond acceptors (Lipinski definition) is 2. The number of hydrogen-bond donors (Lipinski definition) is 1. The van der Waals surface area contributed by atoms with Crippen molar-refractivity contribution < 1.29 is 14.0 Å². The molecule has 0 spiro atoms. The van der Waals surface area contributed by atoms with Crippen LogP contribution in [0, 0.1) is 11.7 Å². The second kappa shape index (κ2) is 6.56. The molecule has 114 valence electrons. The number of halogens is 1. The van der Waals surface area contributed by atoms with Gasteiger partial charge in [0.05, 0.1) is 0 Å². The van der Waals surface area contributed by atoms with Crippen molar-refractivity contribution in [1.82, 2.24) is 10.2 Å². The molecule has 0 radical (unpaired) electrons. The Kier molecular flexibility index (Phi) is 4.77. The maximum Gasteiger partial charge on any atom is 0.325 e. The van der Waals surface area contributed by atoms with E-state index in [1.807, 2.05) is 13.8 Å². The zero-order valence-corrected chi connectivity index (χ0v) is 12.3. The van der Waals surface area contributed by atoms with Gasteiger partial charge >= 0.3 is 6.03 Å². The van der Waals surface area contributed by atoms with E-state index < -0.39 is 0 Å². The second-order valence-corrected chi connectivity index (χ2v) is 5.53. The number of carbonyl (C=O) groups excluding carboxylic acids is 2. The van der Waals surface area contributed by atoms with Crippen LogP contribution in [0.4, 0.5) is 14.9 Å². The molecule has 0 aromatic heterocycles. The summed E-state index contributed by atoms with van der Waals surface area (Å²) >= 11 is 0. The highest BCUT2D eigenvalue weighted by molar-refractivity contribution is 5.96. The Morgan fingerprint density at radius 3 is 2.57 bits per heavy atom. The van der Waals surface area contributed by atoms with Crippen LogP contribution in [-0.2, 0) is 4.79 Å². The van der Waals surface area contributed by atoms with Crippen molar-refractivity contribution in [2.45, 2.75) is 13.8 Å². The van der Waals surface area contributed by atoms with E-state index in [1.165, 1.54) is 17.0 Å². The summed E-state index contributed by atoms with van der Waals surface area (Å²) in [6.45, 7) is 5.67. The van der Waals surface area contributed by atoms with Crippen molar-refractivity contribution in [1.29, 1.82) is 0 Å². The van der Waals surface area contributed by atoms with Gasteiger partial charge in [0, 0.05) is 25.3 Å². The third kappa shape index (κ3) is 3.93. The molecule has 0 atom stereocenters. The number of carbonyl (C=O) groups is 2.